The predicted molar refractivity (Wildman–Crippen MR) is 86.4 cm³/mol. The van der Waals surface area contributed by atoms with Gasteiger partial charge in [-0.05, 0) is 0 Å². The fourth-order valence-corrected chi connectivity index (χ4v) is 2.86. The zero-order valence-corrected chi connectivity index (χ0v) is 13.6. The van der Waals surface area contributed by atoms with Crippen molar-refractivity contribution in [2.24, 2.45) is 0 Å². The van der Waals surface area contributed by atoms with Gasteiger partial charge in [-0.3, -0.25) is 19.7 Å². The molecule has 0 saturated carbocycles. The maximum absolute atomic E-state index is 11.8. The maximum atomic E-state index is 11.8. The molecule has 9 nitrogen and oxygen atoms in total. The van der Waals surface area contributed by atoms with Crippen LogP contribution in [-0.2, 0) is 19.1 Å². The normalized spacial score (nSPS) is 13.8. The fraction of sp³-hybridized carbons (Fsp3) is 0.200. The zero-order valence-electron chi connectivity index (χ0n) is 12.8. The molecule has 0 spiro atoms. The average molecular weight is 360 g/mol. The lowest BCUT2D eigenvalue weighted by Gasteiger charge is -2.11. The number of hydrogen-bond acceptors (Lipinski definition) is 8. The molecule has 0 aliphatic carbocycles. The van der Waals surface area contributed by atoms with E-state index in [0.29, 0.717) is 9.91 Å². The van der Waals surface area contributed by atoms with Crippen LogP contribution in [-0.4, -0.2) is 45.5 Å². The van der Waals surface area contributed by atoms with Crippen LogP contribution in [0.3, 0.4) is 0 Å². The van der Waals surface area contributed by atoms with E-state index in [-0.39, 0.29) is 18.0 Å². The molecule has 0 unspecified atom stereocenters. The number of ether oxygens (including phenoxy) is 1. The molecule has 0 atom stereocenters. The Kier molecular flexibility index (Phi) is 4.80. The number of nitrogens with one attached hydrogen (secondary N) is 1. The molecule has 1 aliphatic heterocycles. The second kappa shape index (κ2) is 7.18. The monoisotopic (exact) mass is 360 g/mol. The quantitative estimate of drug-likeness (QED) is 0.819. The van der Waals surface area contributed by atoms with Crippen molar-refractivity contribution >= 4 is 40.3 Å². The minimum atomic E-state index is -1.15. The number of anilines is 1. The van der Waals surface area contributed by atoms with Gasteiger partial charge >= 0.3 is 6.09 Å². The Morgan fingerprint density at radius 1 is 1.12 bits per heavy atom. The van der Waals surface area contributed by atoms with Gasteiger partial charge in [-0.15, -0.1) is 10.2 Å². The Hall–Kier alpha value is -3.14. The molecule has 10 heteroatoms. The lowest BCUT2D eigenvalue weighted by molar-refractivity contribution is -0.137. The van der Waals surface area contributed by atoms with Crippen LogP contribution in [0.25, 0.3) is 10.6 Å². The van der Waals surface area contributed by atoms with Crippen LogP contribution in [0.4, 0.5) is 9.93 Å². The molecular weight excluding hydrogens is 348 g/mol. The van der Waals surface area contributed by atoms with Crippen LogP contribution >= 0.6 is 11.3 Å². The second-order valence-corrected chi connectivity index (χ2v) is 5.98. The molecule has 1 aromatic carbocycles. The van der Waals surface area contributed by atoms with Gasteiger partial charge in [-0.2, -0.15) is 4.90 Å². The van der Waals surface area contributed by atoms with Crippen LogP contribution in [0.1, 0.15) is 12.8 Å². The molecule has 2 heterocycles. The van der Waals surface area contributed by atoms with Gasteiger partial charge in [0.05, 0.1) is 0 Å². The molecule has 1 aromatic heterocycles. The van der Waals surface area contributed by atoms with Crippen molar-refractivity contribution in [3.05, 3.63) is 30.3 Å². The fourth-order valence-electron chi connectivity index (χ4n) is 2.10. The van der Waals surface area contributed by atoms with Gasteiger partial charge in [0.2, 0.25) is 16.9 Å². The van der Waals surface area contributed by atoms with Crippen LogP contribution in [0.2, 0.25) is 0 Å². The maximum Gasteiger partial charge on any atom is 0.424 e. The highest BCUT2D eigenvalue weighted by Gasteiger charge is 2.35. The molecule has 1 aliphatic rings. The highest BCUT2D eigenvalue weighted by Crippen LogP contribution is 2.25. The van der Waals surface area contributed by atoms with E-state index in [1.165, 1.54) is 0 Å². The van der Waals surface area contributed by atoms with E-state index in [9.17, 15) is 19.2 Å². The van der Waals surface area contributed by atoms with Gasteiger partial charge in [0.25, 0.3) is 5.91 Å². The van der Waals surface area contributed by atoms with Gasteiger partial charge in [0.1, 0.15) is 5.01 Å². The first kappa shape index (κ1) is 16.7. The summed E-state index contributed by atoms with van der Waals surface area (Å²) in [5, 5.41) is 11.1. The third-order valence-electron chi connectivity index (χ3n) is 3.25. The van der Waals surface area contributed by atoms with Crippen LogP contribution < -0.4 is 5.32 Å². The standard InChI is InChI=1S/C15H12N4O5S/c20-10(8-24-15(23)19-11(21)6-7-12(19)22)16-14-18-17-13(25-14)9-4-2-1-3-5-9/h1-5H,6-8H2,(H,16,18,20). The van der Waals surface area contributed by atoms with Crippen molar-refractivity contribution in [1.82, 2.24) is 15.1 Å². The van der Waals surface area contributed by atoms with Gasteiger partial charge in [0.15, 0.2) is 6.61 Å². The number of benzene rings is 1. The Morgan fingerprint density at radius 3 is 2.48 bits per heavy atom. The minimum absolute atomic E-state index is 0.0345. The number of carbonyl (C=O) groups excluding carboxylic acids is 4. The van der Waals surface area contributed by atoms with Crippen LogP contribution in [0.15, 0.2) is 30.3 Å². The van der Waals surface area contributed by atoms with E-state index < -0.39 is 30.4 Å². The van der Waals surface area contributed by atoms with E-state index in [0.717, 1.165) is 16.9 Å². The first-order chi connectivity index (χ1) is 12.0. The molecule has 1 saturated heterocycles. The Bertz CT molecular complexity index is 819. The predicted octanol–water partition coefficient (Wildman–Crippen LogP) is 1.43. The number of aromatic nitrogens is 2. The van der Waals surface area contributed by atoms with E-state index in [4.69, 9.17) is 0 Å². The summed E-state index contributed by atoms with van der Waals surface area (Å²) < 4.78 is 4.68. The highest BCUT2D eigenvalue weighted by molar-refractivity contribution is 7.18. The van der Waals surface area contributed by atoms with Crippen molar-refractivity contribution in [1.29, 1.82) is 0 Å². The minimum Gasteiger partial charge on any atom is -0.439 e. The lowest BCUT2D eigenvalue weighted by Crippen LogP contribution is -2.37. The largest absolute Gasteiger partial charge is 0.439 e. The van der Waals surface area contributed by atoms with Crippen molar-refractivity contribution in [3.8, 4) is 10.6 Å². The van der Waals surface area contributed by atoms with Crippen LogP contribution in [0.5, 0.6) is 0 Å². The van der Waals surface area contributed by atoms with Gasteiger partial charge in [0, 0.05) is 18.4 Å². The number of carbonyl (C=O) groups is 4. The molecule has 2 aromatic rings. The summed E-state index contributed by atoms with van der Waals surface area (Å²) in [6.45, 7) is -0.643. The number of amides is 4. The number of likely N-dealkylation sites (tertiary alicyclic amines) is 1. The summed E-state index contributed by atoms with van der Waals surface area (Å²) in [7, 11) is 0. The Labute approximate surface area is 145 Å². The van der Waals surface area contributed by atoms with Crippen molar-refractivity contribution in [3.63, 3.8) is 0 Å². The summed E-state index contributed by atoms with van der Waals surface area (Å²) in [6, 6.07) is 9.30. The summed E-state index contributed by atoms with van der Waals surface area (Å²) in [5.74, 6) is -1.91. The summed E-state index contributed by atoms with van der Waals surface area (Å²) in [6.07, 6.45) is -1.22. The van der Waals surface area contributed by atoms with Gasteiger partial charge in [-0.1, -0.05) is 41.7 Å². The number of hydrogen-bond donors (Lipinski definition) is 1. The SMILES string of the molecule is O=C(COC(=O)N1C(=O)CCC1=O)Nc1nnc(-c2ccccc2)s1. The molecule has 128 valence electrons. The summed E-state index contributed by atoms with van der Waals surface area (Å²) in [5.41, 5.74) is 0.859. The molecule has 0 radical (unpaired) electrons. The van der Waals surface area contributed by atoms with Crippen molar-refractivity contribution < 1.29 is 23.9 Å². The van der Waals surface area contributed by atoms with E-state index in [1.807, 2.05) is 30.3 Å². The van der Waals surface area contributed by atoms with Crippen molar-refractivity contribution in [2.75, 3.05) is 11.9 Å². The third-order valence-corrected chi connectivity index (χ3v) is 4.14. The number of nitrogens with zero attached hydrogens (tertiary/aromatic N) is 3. The molecule has 4 amide bonds. The average Bonchev–Trinajstić information content (AvgIpc) is 3.20. The molecule has 3 rings (SSSR count). The smallest absolute Gasteiger partial charge is 0.424 e. The third kappa shape index (κ3) is 3.86. The summed E-state index contributed by atoms with van der Waals surface area (Å²) in [4.78, 5) is 46.7. The van der Waals surface area contributed by atoms with Crippen molar-refractivity contribution in [2.45, 2.75) is 12.8 Å². The van der Waals surface area contributed by atoms with Gasteiger partial charge < -0.3 is 4.74 Å². The first-order valence-corrected chi connectivity index (χ1v) is 8.07. The number of imide groups is 3. The van der Waals surface area contributed by atoms with E-state index in [1.54, 1.807) is 0 Å². The Balaban J connectivity index is 1.53. The highest BCUT2D eigenvalue weighted by atomic mass is 32.1. The topological polar surface area (TPSA) is 119 Å². The lowest BCUT2D eigenvalue weighted by atomic mass is 10.2. The number of rotatable bonds is 4. The zero-order chi connectivity index (χ0) is 17.8. The van der Waals surface area contributed by atoms with E-state index >= 15 is 0 Å². The van der Waals surface area contributed by atoms with Crippen LogP contribution in [0, 0.1) is 0 Å². The molecule has 0 bridgehead atoms. The molecule has 1 fully saturated rings. The Morgan fingerprint density at radius 2 is 1.80 bits per heavy atom. The van der Waals surface area contributed by atoms with Gasteiger partial charge in [-0.25, -0.2) is 4.79 Å². The molecule has 1 N–H and O–H groups in total. The summed E-state index contributed by atoms with van der Waals surface area (Å²) >= 11 is 1.16. The second-order valence-electron chi connectivity index (χ2n) is 5.00. The molecule has 25 heavy (non-hydrogen) atoms. The first-order valence-electron chi connectivity index (χ1n) is 7.26. The van der Waals surface area contributed by atoms with E-state index in [2.05, 4.69) is 20.3 Å². The molecular formula is C15H12N4O5S.